The van der Waals surface area contributed by atoms with Crippen molar-refractivity contribution in [3.05, 3.63) is 40.6 Å². The van der Waals surface area contributed by atoms with Crippen LogP contribution in [0.4, 0.5) is 0 Å². The van der Waals surface area contributed by atoms with Crippen molar-refractivity contribution in [2.24, 2.45) is 0 Å². The summed E-state index contributed by atoms with van der Waals surface area (Å²) in [5.74, 6) is 0.957. The molecule has 0 atom stereocenters. The van der Waals surface area contributed by atoms with E-state index < -0.39 is 5.97 Å². The molecule has 1 heterocycles. The van der Waals surface area contributed by atoms with Crippen LogP contribution in [0.2, 0.25) is 0 Å². The van der Waals surface area contributed by atoms with Gasteiger partial charge < -0.3 is 19.3 Å². The van der Waals surface area contributed by atoms with Gasteiger partial charge in [-0.25, -0.2) is 4.79 Å². The minimum atomic E-state index is -0.947. The highest BCUT2D eigenvalue weighted by Gasteiger charge is 2.08. The Labute approximate surface area is 126 Å². The summed E-state index contributed by atoms with van der Waals surface area (Å²) in [5.41, 5.74) is 0. The van der Waals surface area contributed by atoms with Crippen LogP contribution in [-0.4, -0.2) is 30.9 Å². The highest BCUT2D eigenvalue weighted by molar-refractivity contribution is 7.12. The molecule has 0 bridgehead atoms. The number of carboxylic acids is 1. The van der Waals surface area contributed by atoms with Gasteiger partial charge in [-0.1, -0.05) is 12.1 Å². The molecule has 1 aromatic heterocycles. The van der Waals surface area contributed by atoms with Crippen molar-refractivity contribution in [1.29, 1.82) is 0 Å². The Morgan fingerprint density at radius 3 is 2.43 bits per heavy atom. The van der Waals surface area contributed by atoms with Gasteiger partial charge in [0.05, 0.1) is 6.61 Å². The standard InChI is InChI=1S/C15H16O5S/c1-2-18-12-5-3-4-6-13(12)20-8-7-19-11-9-14(15(16)17)21-10-11/h3-6,9-10H,2,7-8H2,1H3,(H,16,17). The number of carboxylic acid groups (broad SMARTS) is 1. The summed E-state index contributed by atoms with van der Waals surface area (Å²) >= 11 is 1.14. The van der Waals surface area contributed by atoms with E-state index in [1.807, 2.05) is 31.2 Å². The van der Waals surface area contributed by atoms with E-state index >= 15 is 0 Å². The fourth-order valence-corrected chi connectivity index (χ4v) is 2.33. The Hall–Kier alpha value is -2.21. The van der Waals surface area contributed by atoms with Crippen molar-refractivity contribution >= 4 is 17.3 Å². The molecule has 112 valence electrons. The summed E-state index contributed by atoms with van der Waals surface area (Å²) < 4.78 is 16.5. The first kappa shape index (κ1) is 15.2. The van der Waals surface area contributed by atoms with Gasteiger partial charge in [0.15, 0.2) is 11.5 Å². The van der Waals surface area contributed by atoms with E-state index in [1.54, 1.807) is 5.38 Å². The molecule has 2 aromatic rings. The number of rotatable bonds is 8. The second-order valence-corrected chi connectivity index (χ2v) is 4.94. The Balaban J connectivity index is 1.80. The molecule has 0 aliphatic heterocycles. The van der Waals surface area contributed by atoms with Crippen molar-refractivity contribution < 1.29 is 24.1 Å². The minimum absolute atomic E-state index is 0.257. The lowest BCUT2D eigenvalue weighted by atomic mass is 10.3. The van der Waals surface area contributed by atoms with Crippen molar-refractivity contribution in [1.82, 2.24) is 0 Å². The molecule has 0 aliphatic carbocycles. The third-order valence-corrected chi connectivity index (χ3v) is 3.44. The summed E-state index contributed by atoms with van der Waals surface area (Å²) in [7, 11) is 0. The van der Waals surface area contributed by atoms with E-state index in [2.05, 4.69) is 0 Å². The monoisotopic (exact) mass is 308 g/mol. The van der Waals surface area contributed by atoms with Crippen LogP contribution in [0.25, 0.3) is 0 Å². The molecule has 21 heavy (non-hydrogen) atoms. The molecule has 0 spiro atoms. The molecule has 2 rings (SSSR count). The second kappa shape index (κ2) is 7.54. The lowest BCUT2D eigenvalue weighted by Crippen LogP contribution is -2.09. The van der Waals surface area contributed by atoms with Gasteiger partial charge in [0, 0.05) is 11.4 Å². The van der Waals surface area contributed by atoms with Crippen LogP contribution in [0.15, 0.2) is 35.7 Å². The van der Waals surface area contributed by atoms with Crippen molar-refractivity contribution in [3.63, 3.8) is 0 Å². The molecule has 0 aliphatic rings. The van der Waals surface area contributed by atoms with E-state index in [1.165, 1.54) is 6.07 Å². The quantitative estimate of drug-likeness (QED) is 0.758. The second-order valence-electron chi connectivity index (χ2n) is 4.03. The van der Waals surface area contributed by atoms with Crippen LogP contribution in [0, 0.1) is 0 Å². The zero-order chi connectivity index (χ0) is 15.1. The van der Waals surface area contributed by atoms with Gasteiger partial charge in [0.2, 0.25) is 0 Å². The summed E-state index contributed by atoms with van der Waals surface area (Å²) in [5, 5.41) is 10.5. The minimum Gasteiger partial charge on any atom is -0.490 e. The predicted molar refractivity (Wildman–Crippen MR) is 79.9 cm³/mol. The average molecular weight is 308 g/mol. The van der Waals surface area contributed by atoms with Gasteiger partial charge in [-0.2, -0.15) is 0 Å². The molecule has 0 saturated carbocycles. The first-order valence-corrected chi connectivity index (χ1v) is 7.38. The first-order chi connectivity index (χ1) is 10.2. The molecule has 0 fully saturated rings. The van der Waals surface area contributed by atoms with Gasteiger partial charge in [0.1, 0.15) is 23.8 Å². The molecule has 1 N–H and O–H groups in total. The maximum atomic E-state index is 10.7. The lowest BCUT2D eigenvalue weighted by molar-refractivity contribution is 0.0702. The number of thiophene rings is 1. The van der Waals surface area contributed by atoms with Crippen molar-refractivity contribution in [3.8, 4) is 17.2 Å². The summed E-state index contributed by atoms with van der Waals surface area (Å²) in [4.78, 5) is 11.0. The third kappa shape index (κ3) is 4.39. The Kier molecular flexibility index (Phi) is 5.45. The SMILES string of the molecule is CCOc1ccccc1OCCOc1csc(C(=O)O)c1. The van der Waals surface area contributed by atoms with Crippen LogP contribution in [0.5, 0.6) is 17.2 Å². The van der Waals surface area contributed by atoms with Crippen LogP contribution < -0.4 is 14.2 Å². The number of hydrogen-bond acceptors (Lipinski definition) is 5. The largest absolute Gasteiger partial charge is 0.490 e. The normalized spacial score (nSPS) is 10.1. The number of aromatic carboxylic acids is 1. The van der Waals surface area contributed by atoms with Gasteiger partial charge in [0.25, 0.3) is 0 Å². The number of benzene rings is 1. The molecular formula is C15H16O5S. The molecule has 6 heteroatoms. The van der Waals surface area contributed by atoms with E-state index in [0.717, 1.165) is 11.3 Å². The van der Waals surface area contributed by atoms with E-state index in [9.17, 15) is 4.79 Å². The first-order valence-electron chi connectivity index (χ1n) is 6.50. The zero-order valence-corrected chi connectivity index (χ0v) is 12.4. The van der Waals surface area contributed by atoms with Crippen LogP contribution in [0.3, 0.4) is 0 Å². The molecule has 0 amide bonds. The van der Waals surface area contributed by atoms with Crippen LogP contribution >= 0.6 is 11.3 Å². The van der Waals surface area contributed by atoms with E-state index in [0.29, 0.717) is 37.1 Å². The number of para-hydroxylation sites is 2. The third-order valence-electron chi connectivity index (χ3n) is 2.54. The van der Waals surface area contributed by atoms with Crippen molar-refractivity contribution in [2.45, 2.75) is 6.92 Å². The maximum absolute atomic E-state index is 10.7. The Bertz CT molecular complexity index is 593. The van der Waals surface area contributed by atoms with Gasteiger partial charge in [-0.15, -0.1) is 11.3 Å². The average Bonchev–Trinajstić information content (AvgIpc) is 2.94. The number of carbonyl (C=O) groups is 1. The zero-order valence-electron chi connectivity index (χ0n) is 11.6. The highest BCUT2D eigenvalue weighted by Crippen LogP contribution is 2.26. The molecule has 1 aromatic carbocycles. The molecule has 0 unspecified atom stereocenters. The molecule has 0 radical (unpaired) electrons. The Morgan fingerprint density at radius 1 is 1.14 bits per heavy atom. The summed E-state index contributed by atoms with van der Waals surface area (Å²) in [6, 6.07) is 8.93. The summed E-state index contributed by atoms with van der Waals surface area (Å²) in [6.45, 7) is 3.17. The maximum Gasteiger partial charge on any atom is 0.346 e. The molecule has 0 saturated heterocycles. The summed E-state index contributed by atoms with van der Waals surface area (Å²) in [6.07, 6.45) is 0. The molecule has 5 nitrogen and oxygen atoms in total. The predicted octanol–water partition coefficient (Wildman–Crippen LogP) is 3.30. The lowest BCUT2D eigenvalue weighted by Gasteiger charge is -2.11. The smallest absolute Gasteiger partial charge is 0.346 e. The molecular weight excluding hydrogens is 292 g/mol. The van der Waals surface area contributed by atoms with Gasteiger partial charge >= 0.3 is 5.97 Å². The fourth-order valence-electron chi connectivity index (χ4n) is 1.66. The van der Waals surface area contributed by atoms with E-state index in [4.69, 9.17) is 19.3 Å². The van der Waals surface area contributed by atoms with E-state index in [-0.39, 0.29) is 4.88 Å². The fraction of sp³-hybridized carbons (Fsp3) is 0.267. The van der Waals surface area contributed by atoms with Crippen LogP contribution in [-0.2, 0) is 0 Å². The highest BCUT2D eigenvalue weighted by atomic mass is 32.1. The van der Waals surface area contributed by atoms with Gasteiger partial charge in [-0.3, -0.25) is 0 Å². The Morgan fingerprint density at radius 2 is 1.81 bits per heavy atom. The van der Waals surface area contributed by atoms with Crippen LogP contribution in [0.1, 0.15) is 16.6 Å². The van der Waals surface area contributed by atoms with Crippen molar-refractivity contribution in [2.75, 3.05) is 19.8 Å². The van der Waals surface area contributed by atoms with Gasteiger partial charge in [-0.05, 0) is 19.1 Å². The number of hydrogen-bond donors (Lipinski definition) is 1. The number of ether oxygens (including phenoxy) is 3. The topological polar surface area (TPSA) is 65.0 Å².